The quantitative estimate of drug-likeness (QED) is 0.916. The van der Waals surface area contributed by atoms with E-state index in [2.05, 4.69) is 15.3 Å². The molecule has 1 N–H and O–H groups in total. The van der Waals surface area contributed by atoms with Crippen LogP contribution in [-0.2, 0) is 0 Å². The topological polar surface area (TPSA) is 75.2 Å². The molecule has 3 heterocycles. The summed E-state index contributed by atoms with van der Waals surface area (Å²) in [6.07, 6.45) is 8.57. The maximum Gasteiger partial charge on any atom is 0.271 e. The minimum Gasteiger partial charge on any atom is -0.348 e. The van der Waals surface area contributed by atoms with Gasteiger partial charge in [-0.25, -0.2) is 4.98 Å². The van der Waals surface area contributed by atoms with Crippen LogP contribution in [0.25, 0.3) is 0 Å². The predicted octanol–water partition coefficient (Wildman–Crippen LogP) is 2.35. The van der Waals surface area contributed by atoms with Crippen molar-refractivity contribution in [3.05, 3.63) is 46.7 Å². The highest BCUT2D eigenvalue weighted by Gasteiger charge is 2.46. The van der Waals surface area contributed by atoms with Gasteiger partial charge in [0, 0.05) is 36.9 Å². The molecule has 7 heteroatoms. The number of amides is 2. The third-order valence-electron chi connectivity index (χ3n) is 5.37. The first-order valence-electron chi connectivity index (χ1n) is 8.54. The van der Waals surface area contributed by atoms with Gasteiger partial charge in [-0.05, 0) is 42.5 Å². The van der Waals surface area contributed by atoms with Crippen molar-refractivity contribution >= 4 is 23.2 Å². The lowest BCUT2D eigenvalue weighted by molar-refractivity contribution is 0.00859. The largest absolute Gasteiger partial charge is 0.348 e. The van der Waals surface area contributed by atoms with Gasteiger partial charge in [0.2, 0.25) is 0 Å². The van der Waals surface area contributed by atoms with E-state index in [9.17, 15) is 9.59 Å². The van der Waals surface area contributed by atoms with Gasteiger partial charge in [0.15, 0.2) is 0 Å². The molecule has 130 valence electrons. The van der Waals surface area contributed by atoms with E-state index in [0.29, 0.717) is 5.69 Å². The lowest BCUT2D eigenvalue weighted by atomic mass is 9.60. The monoisotopic (exact) mass is 356 g/mol. The summed E-state index contributed by atoms with van der Waals surface area (Å²) in [6, 6.07) is 2.09. The fraction of sp³-hybridized carbons (Fsp3) is 0.444. The molecular formula is C18H20N4O2S. The van der Waals surface area contributed by atoms with Crippen molar-refractivity contribution in [1.29, 1.82) is 0 Å². The summed E-state index contributed by atoms with van der Waals surface area (Å²) in [5, 5.41) is 6.89. The number of hydrogen-bond donors (Lipinski definition) is 1. The normalized spacial score (nSPS) is 19.4. The Bertz CT molecular complexity index is 747. The van der Waals surface area contributed by atoms with E-state index in [1.54, 1.807) is 17.5 Å². The lowest BCUT2D eigenvalue weighted by Crippen LogP contribution is -2.55. The average molecular weight is 356 g/mol. The molecule has 6 nitrogen and oxygen atoms in total. The number of nitrogens with one attached hydrogen (secondary N) is 1. The summed E-state index contributed by atoms with van der Waals surface area (Å²) >= 11 is 1.55. The molecule has 2 aliphatic rings. The smallest absolute Gasteiger partial charge is 0.271 e. The summed E-state index contributed by atoms with van der Waals surface area (Å²) in [5.41, 5.74) is 1.44. The van der Waals surface area contributed by atoms with Crippen LogP contribution in [0.3, 0.4) is 0 Å². The summed E-state index contributed by atoms with van der Waals surface area (Å²) in [4.78, 5) is 34.4. The number of hydrogen-bond acceptors (Lipinski definition) is 5. The second-order valence-corrected chi connectivity index (χ2v) is 7.75. The van der Waals surface area contributed by atoms with E-state index in [4.69, 9.17) is 0 Å². The van der Waals surface area contributed by atoms with Gasteiger partial charge in [0.05, 0.1) is 11.8 Å². The Morgan fingerprint density at radius 3 is 2.68 bits per heavy atom. The molecule has 4 rings (SSSR count). The molecule has 0 bridgehead atoms. The number of likely N-dealkylation sites (tertiary alicyclic amines) is 1. The minimum atomic E-state index is -0.155. The Labute approximate surface area is 150 Å². The van der Waals surface area contributed by atoms with Crippen LogP contribution in [0, 0.1) is 5.41 Å². The number of carbonyl (C=O) groups is 2. The number of aromatic nitrogens is 2. The van der Waals surface area contributed by atoms with E-state index in [-0.39, 0.29) is 23.3 Å². The Morgan fingerprint density at radius 1 is 1.24 bits per heavy atom. The summed E-state index contributed by atoms with van der Waals surface area (Å²) in [7, 11) is 0. The molecule has 0 unspecified atom stereocenters. The van der Waals surface area contributed by atoms with E-state index in [1.807, 2.05) is 21.7 Å². The molecule has 1 saturated heterocycles. The molecule has 2 amide bonds. The van der Waals surface area contributed by atoms with Gasteiger partial charge in [-0.3, -0.25) is 14.6 Å². The lowest BCUT2D eigenvalue weighted by Gasteiger charge is -2.52. The van der Waals surface area contributed by atoms with E-state index in [0.717, 1.165) is 44.3 Å². The van der Waals surface area contributed by atoms with Gasteiger partial charge in [0.25, 0.3) is 11.8 Å². The van der Waals surface area contributed by atoms with Crippen LogP contribution in [0.1, 0.15) is 46.5 Å². The molecule has 1 spiro atoms. The van der Waals surface area contributed by atoms with E-state index in [1.165, 1.54) is 12.4 Å². The number of carbonyl (C=O) groups excluding carboxylic acids is 2. The zero-order valence-electron chi connectivity index (χ0n) is 13.9. The number of piperidine rings is 1. The molecule has 0 radical (unpaired) electrons. The van der Waals surface area contributed by atoms with Crippen LogP contribution in [0.15, 0.2) is 35.4 Å². The highest BCUT2D eigenvalue weighted by atomic mass is 32.1. The summed E-state index contributed by atoms with van der Waals surface area (Å²) in [6.45, 7) is 1.61. The summed E-state index contributed by atoms with van der Waals surface area (Å²) < 4.78 is 0. The molecule has 0 atom stereocenters. The zero-order valence-corrected chi connectivity index (χ0v) is 14.7. The van der Waals surface area contributed by atoms with Gasteiger partial charge in [-0.1, -0.05) is 0 Å². The first-order valence-corrected chi connectivity index (χ1v) is 9.48. The van der Waals surface area contributed by atoms with Gasteiger partial charge < -0.3 is 10.2 Å². The standard InChI is InChI=1S/C18H20N4O2S/c23-16(15-11-19-4-5-20-15)21-14-9-18(10-14)2-6-22(7-3-18)17(24)13-1-8-25-12-13/h1,4-5,8,11-12,14H,2-3,6-7,9-10H2,(H,21,23). The Hall–Kier alpha value is -2.28. The molecule has 2 aromatic heterocycles. The van der Waals surface area contributed by atoms with Gasteiger partial charge in [-0.15, -0.1) is 0 Å². The molecule has 25 heavy (non-hydrogen) atoms. The highest BCUT2D eigenvalue weighted by Crippen LogP contribution is 2.49. The second-order valence-electron chi connectivity index (χ2n) is 6.97. The van der Waals surface area contributed by atoms with E-state index >= 15 is 0 Å². The van der Waals surface area contributed by atoms with Crippen molar-refractivity contribution in [3.63, 3.8) is 0 Å². The summed E-state index contributed by atoms with van der Waals surface area (Å²) in [5.74, 6) is -0.0130. The molecule has 0 aromatic carbocycles. The Morgan fingerprint density at radius 2 is 2.04 bits per heavy atom. The first-order chi connectivity index (χ1) is 12.2. The van der Waals surface area contributed by atoms with E-state index < -0.39 is 0 Å². The van der Waals surface area contributed by atoms with Crippen molar-refractivity contribution in [2.24, 2.45) is 5.41 Å². The second kappa shape index (κ2) is 6.55. The Kier molecular flexibility index (Phi) is 4.25. The van der Waals surface area contributed by atoms with Crippen LogP contribution >= 0.6 is 11.3 Å². The van der Waals surface area contributed by atoms with Crippen molar-refractivity contribution in [3.8, 4) is 0 Å². The van der Waals surface area contributed by atoms with Crippen molar-refractivity contribution < 1.29 is 9.59 Å². The van der Waals surface area contributed by atoms with Crippen LogP contribution in [0.4, 0.5) is 0 Å². The molecule has 2 fully saturated rings. The highest BCUT2D eigenvalue weighted by molar-refractivity contribution is 7.08. The zero-order chi connectivity index (χ0) is 17.3. The number of rotatable bonds is 3. The maximum absolute atomic E-state index is 12.4. The van der Waals surface area contributed by atoms with Crippen molar-refractivity contribution in [1.82, 2.24) is 20.2 Å². The van der Waals surface area contributed by atoms with Crippen LogP contribution in [0.2, 0.25) is 0 Å². The SMILES string of the molecule is O=C(NC1CC2(CCN(C(=O)c3ccsc3)CC2)C1)c1cnccn1. The number of nitrogens with zero attached hydrogens (tertiary/aromatic N) is 3. The fourth-order valence-electron chi connectivity index (χ4n) is 3.92. The maximum atomic E-state index is 12.4. The van der Waals surface area contributed by atoms with Gasteiger partial charge >= 0.3 is 0 Å². The van der Waals surface area contributed by atoms with Crippen LogP contribution in [-0.4, -0.2) is 45.8 Å². The van der Waals surface area contributed by atoms with Crippen molar-refractivity contribution in [2.45, 2.75) is 31.7 Å². The molecule has 1 aliphatic heterocycles. The third kappa shape index (κ3) is 3.28. The Balaban J connectivity index is 1.27. The van der Waals surface area contributed by atoms with Gasteiger partial charge in [0.1, 0.15) is 5.69 Å². The van der Waals surface area contributed by atoms with Gasteiger partial charge in [-0.2, -0.15) is 11.3 Å². The fourth-order valence-corrected chi connectivity index (χ4v) is 4.55. The van der Waals surface area contributed by atoms with Crippen LogP contribution < -0.4 is 5.32 Å². The average Bonchev–Trinajstić information content (AvgIpc) is 3.16. The molecular weight excluding hydrogens is 336 g/mol. The molecule has 2 aromatic rings. The van der Waals surface area contributed by atoms with Crippen LogP contribution in [0.5, 0.6) is 0 Å². The minimum absolute atomic E-state index is 0.142. The van der Waals surface area contributed by atoms with Crippen molar-refractivity contribution in [2.75, 3.05) is 13.1 Å². The molecule has 1 aliphatic carbocycles. The third-order valence-corrected chi connectivity index (χ3v) is 6.05. The predicted molar refractivity (Wildman–Crippen MR) is 94.4 cm³/mol. The molecule has 1 saturated carbocycles. The first kappa shape index (κ1) is 16.2. The number of thiophene rings is 1.